The van der Waals surface area contributed by atoms with Crippen LogP contribution in [0.2, 0.25) is 0 Å². The summed E-state index contributed by atoms with van der Waals surface area (Å²) in [5.74, 6) is 4.23. The van der Waals surface area contributed by atoms with Crippen LogP contribution in [0.1, 0.15) is 58.8 Å². The van der Waals surface area contributed by atoms with E-state index in [1.807, 2.05) is 0 Å². The fraction of sp³-hybridized carbons (Fsp3) is 0.800. The molecule has 2 heteroatoms. The van der Waals surface area contributed by atoms with E-state index in [1.165, 1.54) is 31.4 Å². The largest absolute Gasteiger partial charge is 0.501 e. The van der Waals surface area contributed by atoms with Crippen LogP contribution in [-0.2, 0) is 4.74 Å². The minimum absolute atomic E-state index is 0.0626. The smallest absolute Gasteiger partial charge is 0.0959 e. The van der Waals surface area contributed by atoms with Crippen LogP contribution >= 0.6 is 0 Å². The van der Waals surface area contributed by atoms with Gasteiger partial charge in [0.25, 0.3) is 0 Å². The lowest BCUT2D eigenvalue weighted by Gasteiger charge is -2.53. The van der Waals surface area contributed by atoms with Gasteiger partial charge in [-0.15, -0.1) is 0 Å². The minimum Gasteiger partial charge on any atom is -0.501 e. The van der Waals surface area contributed by atoms with Crippen molar-refractivity contribution >= 4 is 0 Å². The number of rotatable bonds is 1. The maximum absolute atomic E-state index is 10.5. The summed E-state index contributed by atoms with van der Waals surface area (Å²) in [4.78, 5) is 0. The Morgan fingerprint density at radius 2 is 2.09 bits per heavy atom. The molecule has 0 aromatic heterocycles. The van der Waals surface area contributed by atoms with Gasteiger partial charge in [-0.3, -0.25) is 0 Å². The molecule has 0 spiro atoms. The van der Waals surface area contributed by atoms with Gasteiger partial charge in [0, 0.05) is 6.42 Å². The quantitative estimate of drug-likeness (QED) is 0.725. The van der Waals surface area contributed by atoms with E-state index in [9.17, 15) is 5.11 Å². The van der Waals surface area contributed by atoms with Crippen molar-refractivity contribution < 1.29 is 9.84 Å². The maximum atomic E-state index is 10.5. The highest BCUT2D eigenvalue weighted by atomic mass is 16.5. The highest BCUT2D eigenvalue weighted by Gasteiger charge is 2.56. The molecule has 1 N–H and O–H groups in total. The van der Waals surface area contributed by atoms with E-state index in [0.717, 1.165) is 42.9 Å². The van der Waals surface area contributed by atoms with Gasteiger partial charge in [-0.05, 0) is 73.7 Å². The van der Waals surface area contributed by atoms with Crippen molar-refractivity contribution in [3.63, 3.8) is 0 Å². The molecule has 4 rings (SSSR count). The second-order valence-electron chi connectivity index (χ2n) is 8.49. The van der Waals surface area contributed by atoms with Crippen molar-refractivity contribution in [3.8, 4) is 0 Å². The summed E-state index contributed by atoms with van der Waals surface area (Å²) >= 11 is 0. The van der Waals surface area contributed by atoms with Gasteiger partial charge in [0.1, 0.15) is 0 Å². The topological polar surface area (TPSA) is 29.5 Å². The van der Waals surface area contributed by atoms with Gasteiger partial charge in [-0.1, -0.05) is 25.0 Å². The molecule has 4 aliphatic rings. The molecule has 0 aliphatic heterocycles. The SMILES string of the molecule is COC1=CCC2=C(C1)CC(C)C1C2CCC2(C)C(O)CCC12. The summed E-state index contributed by atoms with van der Waals surface area (Å²) in [6.07, 6.45) is 10.4. The van der Waals surface area contributed by atoms with Gasteiger partial charge in [-0.25, -0.2) is 0 Å². The Morgan fingerprint density at radius 3 is 2.86 bits per heavy atom. The lowest BCUT2D eigenvalue weighted by atomic mass is 9.52. The molecule has 2 fully saturated rings. The molecule has 0 heterocycles. The average molecular weight is 302 g/mol. The highest BCUT2D eigenvalue weighted by Crippen LogP contribution is 2.62. The number of aliphatic hydroxyl groups excluding tert-OH is 1. The third-order valence-corrected chi connectivity index (χ3v) is 7.61. The maximum Gasteiger partial charge on any atom is 0.0959 e. The van der Waals surface area contributed by atoms with Crippen LogP contribution in [0.4, 0.5) is 0 Å². The molecule has 0 bridgehead atoms. The molecular weight excluding hydrogens is 272 g/mol. The summed E-state index contributed by atoms with van der Waals surface area (Å²) in [5, 5.41) is 10.5. The van der Waals surface area contributed by atoms with Gasteiger partial charge >= 0.3 is 0 Å². The van der Waals surface area contributed by atoms with Crippen LogP contribution in [0.15, 0.2) is 23.0 Å². The molecule has 4 aliphatic carbocycles. The van der Waals surface area contributed by atoms with Gasteiger partial charge in [0.15, 0.2) is 0 Å². The van der Waals surface area contributed by atoms with Gasteiger partial charge in [0.05, 0.1) is 19.0 Å². The summed E-state index contributed by atoms with van der Waals surface area (Å²) in [6, 6.07) is 0. The normalized spacial score (nSPS) is 47.5. The van der Waals surface area contributed by atoms with E-state index in [4.69, 9.17) is 4.74 Å². The Bertz CT molecular complexity index is 532. The molecule has 0 saturated heterocycles. The van der Waals surface area contributed by atoms with Gasteiger partial charge < -0.3 is 9.84 Å². The Balaban J connectivity index is 1.66. The number of aliphatic hydroxyl groups is 1. The first-order valence-electron chi connectivity index (χ1n) is 9.16. The zero-order valence-corrected chi connectivity index (χ0v) is 14.3. The first-order chi connectivity index (χ1) is 10.5. The van der Waals surface area contributed by atoms with E-state index in [2.05, 4.69) is 19.9 Å². The van der Waals surface area contributed by atoms with Crippen molar-refractivity contribution in [2.24, 2.45) is 29.1 Å². The lowest BCUT2D eigenvalue weighted by molar-refractivity contribution is -0.0454. The summed E-state index contributed by atoms with van der Waals surface area (Å²) in [6.45, 7) is 4.83. The number of allylic oxidation sites excluding steroid dienone is 3. The van der Waals surface area contributed by atoms with E-state index < -0.39 is 0 Å². The molecule has 0 aromatic carbocycles. The highest BCUT2D eigenvalue weighted by molar-refractivity contribution is 5.33. The molecule has 2 saturated carbocycles. The van der Waals surface area contributed by atoms with Crippen LogP contribution in [0, 0.1) is 29.1 Å². The van der Waals surface area contributed by atoms with Crippen LogP contribution in [0.5, 0.6) is 0 Å². The van der Waals surface area contributed by atoms with E-state index >= 15 is 0 Å². The van der Waals surface area contributed by atoms with Crippen LogP contribution in [0.25, 0.3) is 0 Å². The van der Waals surface area contributed by atoms with Gasteiger partial charge in [-0.2, -0.15) is 0 Å². The predicted molar refractivity (Wildman–Crippen MR) is 88.2 cm³/mol. The number of methoxy groups -OCH3 is 1. The van der Waals surface area contributed by atoms with E-state index in [1.54, 1.807) is 18.3 Å². The Labute approximate surface area is 134 Å². The second kappa shape index (κ2) is 5.12. The predicted octanol–water partition coefficient (Wildman–Crippen LogP) is 4.45. The number of ether oxygens (including phenoxy) is 1. The summed E-state index contributed by atoms with van der Waals surface area (Å²) in [7, 11) is 1.80. The van der Waals surface area contributed by atoms with Crippen molar-refractivity contribution in [1.82, 2.24) is 0 Å². The first-order valence-corrected chi connectivity index (χ1v) is 9.16. The van der Waals surface area contributed by atoms with Gasteiger partial charge in [0.2, 0.25) is 0 Å². The monoisotopic (exact) mass is 302 g/mol. The van der Waals surface area contributed by atoms with Crippen molar-refractivity contribution in [3.05, 3.63) is 23.0 Å². The molecule has 2 nitrogen and oxygen atoms in total. The average Bonchev–Trinajstić information content (AvgIpc) is 2.82. The molecule has 22 heavy (non-hydrogen) atoms. The number of fused-ring (bicyclic) bond motifs is 4. The van der Waals surface area contributed by atoms with E-state index in [-0.39, 0.29) is 11.5 Å². The van der Waals surface area contributed by atoms with Crippen molar-refractivity contribution in [2.45, 2.75) is 64.9 Å². The van der Waals surface area contributed by atoms with Crippen LogP contribution in [0.3, 0.4) is 0 Å². The molecular formula is C20H30O2. The third kappa shape index (κ3) is 1.95. The molecule has 122 valence electrons. The van der Waals surface area contributed by atoms with Crippen LogP contribution < -0.4 is 0 Å². The molecule has 0 amide bonds. The molecule has 6 unspecified atom stereocenters. The second-order valence-corrected chi connectivity index (χ2v) is 8.49. The first kappa shape index (κ1) is 14.8. The fourth-order valence-electron chi connectivity index (χ4n) is 6.43. The van der Waals surface area contributed by atoms with Crippen molar-refractivity contribution in [2.75, 3.05) is 7.11 Å². The molecule has 6 atom stereocenters. The minimum atomic E-state index is -0.0626. The Hall–Kier alpha value is -0.760. The Morgan fingerprint density at radius 1 is 1.27 bits per heavy atom. The Kier molecular flexibility index (Phi) is 3.45. The van der Waals surface area contributed by atoms with E-state index in [0.29, 0.717) is 0 Å². The third-order valence-electron chi connectivity index (χ3n) is 7.61. The zero-order chi connectivity index (χ0) is 15.5. The van der Waals surface area contributed by atoms with Crippen LogP contribution in [-0.4, -0.2) is 18.3 Å². The summed E-state index contributed by atoms with van der Waals surface area (Å²) < 4.78 is 5.50. The zero-order valence-electron chi connectivity index (χ0n) is 14.3. The standard InChI is InChI=1S/C20H30O2/c1-12-10-13-11-14(22-3)4-5-15(13)16-8-9-20(2)17(19(12)16)6-7-18(20)21/h4,12,16-19,21H,5-11H2,1-3H3. The fourth-order valence-corrected chi connectivity index (χ4v) is 6.43. The molecule has 0 aromatic rings. The number of hydrogen-bond donors (Lipinski definition) is 1. The van der Waals surface area contributed by atoms with Crippen molar-refractivity contribution in [1.29, 1.82) is 0 Å². The number of hydrogen-bond acceptors (Lipinski definition) is 2. The molecule has 0 radical (unpaired) electrons. The lowest BCUT2D eigenvalue weighted by Crippen LogP contribution is -2.47. The summed E-state index contributed by atoms with van der Waals surface area (Å²) in [5.41, 5.74) is 3.61.